The second-order valence-corrected chi connectivity index (χ2v) is 5.88. The number of piperidine rings is 1. The number of carbonyl (C=O) groups excluding carboxylic acids is 1. The standard InChI is InChI=1S/C14H26N2O4/c1-4-20-14(2,3)10-15-13(19)16-7-5-11(6-8-16)9-12(17)18/h11H,4-10H2,1-3H3,(H,15,19)(H,17,18). The quantitative estimate of drug-likeness (QED) is 0.779. The van der Waals surface area contributed by atoms with Gasteiger partial charge in [-0.1, -0.05) is 0 Å². The fourth-order valence-corrected chi connectivity index (χ4v) is 2.43. The summed E-state index contributed by atoms with van der Waals surface area (Å²) in [6.07, 6.45) is 1.72. The number of nitrogens with one attached hydrogen (secondary N) is 1. The van der Waals surface area contributed by atoms with Crippen LogP contribution in [0.4, 0.5) is 4.79 Å². The Balaban J connectivity index is 2.30. The van der Waals surface area contributed by atoms with Crippen molar-refractivity contribution in [1.82, 2.24) is 10.2 Å². The molecule has 0 bridgehead atoms. The van der Waals surface area contributed by atoms with E-state index in [0.29, 0.717) is 26.2 Å². The lowest BCUT2D eigenvalue weighted by Crippen LogP contribution is -2.49. The molecular formula is C14H26N2O4. The number of hydrogen-bond acceptors (Lipinski definition) is 3. The normalized spacial score (nSPS) is 17.1. The summed E-state index contributed by atoms with van der Waals surface area (Å²) >= 11 is 0. The maximum atomic E-state index is 12.0. The number of hydrogen-bond donors (Lipinski definition) is 2. The van der Waals surface area contributed by atoms with Crippen LogP contribution in [0.3, 0.4) is 0 Å². The molecule has 1 aliphatic rings. The number of ether oxygens (including phenoxy) is 1. The molecule has 2 amide bonds. The third kappa shape index (κ3) is 5.77. The molecule has 0 atom stereocenters. The van der Waals surface area contributed by atoms with Gasteiger partial charge in [0.2, 0.25) is 0 Å². The molecule has 6 heteroatoms. The Morgan fingerprint density at radius 2 is 1.95 bits per heavy atom. The van der Waals surface area contributed by atoms with E-state index < -0.39 is 5.97 Å². The number of urea groups is 1. The maximum absolute atomic E-state index is 12.0. The minimum Gasteiger partial charge on any atom is -0.481 e. The van der Waals surface area contributed by atoms with E-state index >= 15 is 0 Å². The van der Waals surface area contributed by atoms with E-state index in [1.54, 1.807) is 4.90 Å². The van der Waals surface area contributed by atoms with Crippen molar-refractivity contribution in [3.05, 3.63) is 0 Å². The van der Waals surface area contributed by atoms with Crippen LogP contribution in [0.1, 0.15) is 40.0 Å². The number of carbonyl (C=O) groups is 2. The molecule has 1 fully saturated rings. The van der Waals surface area contributed by atoms with E-state index in [2.05, 4.69) is 5.32 Å². The van der Waals surface area contributed by atoms with Crippen LogP contribution in [0.5, 0.6) is 0 Å². The molecule has 116 valence electrons. The highest BCUT2D eigenvalue weighted by Crippen LogP contribution is 2.20. The van der Waals surface area contributed by atoms with Gasteiger partial charge < -0.3 is 20.1 Å². The predicted molar refractivity (Wildman–Crippen MR) is 75.7 cm³/mol. The van der Waals surface area contributed by atoms with E-state index in [9.17, 15) is 9.59 Å². The zero-order valence-corrected chi connectivity index (χ0v) is 12.6. The lowest BCUT2D eigenvalue weighted by molar-refractivity contribution is -0.138. The Hall–Kier alpha value is -1.30. The fraction of sp³-hybridized carbons (Fsp3) is 0.857. The number of aliphatic carboxylic acids is 1. The molecule has 0 radical (unpaired) electrons. The van der Waals surface area contributed by atoms with Gasteiger partial charge in [-0.3, -0.25) is 4.79 Å². The van der Waals surface area contributed by atoms with Gasteiger partial charge in [-0.25, -0.2) is 4.79 Å². The summed E-state index contributed by atoms with van der Waals surface area (Å²) in [6.45, 7) is 8.14. The Morgan fingerprint density at radius 3 is 2.45 bits per heavy atom. The van der Waals surface area contributed by atoms with E-state index in [1.165, 1.54) is 0 Å². The van der Waals surface area contributed by atoms with Gasteiger partial charge in [0.15, 0.2) is 0 Å². The lowest BCUT2D eigenvalue weighted by atomic mass is 9.94. The van der Waals surface area contributed by atoms with Crippen molar-refractivity contribution in [3.8, 4) is 0 Å². The van der Waals surface area contributed by atoms with Crippen molar-refractivity contribution in [2.45, 2.75) is 45.6 Å². The molecule has 20 heavy (non-hydrogen) atoms. The molecule has 0 aliphatic carbocycles. The number of amides is 2. The highest BCUT2D eigenvalue weighted by molar-refractivity contribution is 5.74. The Bertz CT molecular complexity index is 336. The molecule has 1 saturated heterocycles. The topological polar surface area (TPSA) is 78.9 Å². The first-order valence-electron chi connectivity index (χ1n) is 7.22. The molecule has 0 aromatic carbocycles. The molecule has 0 saturated carbocycles. The Kier molecular flexibility index (Phi) is 6.26. The molecule has 1 heterocycles. The van der Waals surface area contributed by atoms with Crippen LogP contribution in [0, 0.1) is 5.92 Å². The highest BCUT2D eigenvalue weighted by atomic mass is 16.5. The first kappa shape index (κ1) is 16.8. The van der Waals surface area contributed by atoms with Crippen LogP contribution in [0.25, 0.3) is 0 Å². The highest BCUT2D eigenvalue weighted by Gasteiger charge is 2.25. The number of rotatable bonds is 6. The molecule has 0 aromatic rings. The average molecular weight is 286 g/mol. The van der Waals surface area contributed by atoms with E-state index in [1.807, 2.05) is 20.8 Å². The van der Waals surface area contributed by atoms with Gasteiger partial charge in [-0.2, -0.15) is 0 Å². The van der Waals surface area contributed by atoms with Gasteiger partial charge in [-0.05, 0) is 39.5 Å². The smallest absolute Gasteiger partial charge is 0.317 e. The van der Waals surface area contributed by atoms with Gasteiger partial charge in [0.1, 0.15) is 0 Å². The van der Waals surface area contributed by atoms with Crippen LogP contribution in [0.15, 0.2) is 0 Å². The van der Waals surface area contributed by atoms with Gasteiger partial charge >= 0.3 is 12.0 Å². The SMILES string of the molecule is CCOC(C)(C)CNC(=O)N1CCC(CC(=O)O)CC1. The Morgan fingerprint density at radius 1 is 1.35 bits per heavy atom. The van der Waals surface area contributed by atoms with Crippen molar-refractivity contribution < 1.29 is 19.4 Å². The van der Waals surface area contributed by atoms with Crippen LogP contribution in [0.2, 0.25) is 0 Å². The largest absolute Gasteiger partial charge is 0.481 e. The van der Waals surface area contributed by atoms with Crippen LogP contribution in [-0.4, -0.2) is 53.8 Å². The average Bonchev–Trinajstić information content (AvgIpc) is 2.36. The van der Waals surface area contributed by atoms with Crippen LogP contribution >= 0.6 is 0 Å². The van der Waals surface area contributed by atoms with Crippen LogP contribution < -0.4 is 5.32 Å². The van der Waals surface area contributed by atoms with E-state index in [0.717, 1.165) is 12.8 Å². The minimum absolute atomic E-state index is 0.0912. The Labute approximate surface area is 120 Å². The first-order valence-corrected chi connectivity index (χ1v) is 7.22. The summed E-state index contributed by atoms with van der Waals surface area (Å²) in [6, 6.07) is -0.0912. The maximum Gasteiger partial charge on any atom is 0.317 e. The third-order valence-corrected chi connectivity index (χ3v) is 3.57. The van der Waals surface area contributed by atoms with E-state index in [-0.39, 0.29) is 24.0 Å². The van der Waals surface area contributed by atoms with Crippen molar-refractivity contribution in [3.63, 3.8) is 0 Å². The van der Waals surface area contributed by atoms with Crippen LogP contribution in [-0.2, 0) is 9.53 Å². The summed E-state index contributed by atoms with van der Waals surface area (Å²) in [4.78, 5) is 24.4. The van der Waals surface area contributed by atoms with Crippen molar-refractivity contribution in [2.24, 2.45) is 5.92 Å². The van der Waals surface area contributed by atoms with Crippen molar-refractivity contribution in [2.75, 3.05) is 26.2 Å². The van der Waals surface area contributed by atoms with E-state index in [4.69, 9.17) is 9.84 Å². The molecule has 0 unspecified atom stereocenters. The lowest BCUT2D eigenvalue weighted by Gasteiger charge is -2.33. The predicted octanol–water partition coefficient (Wildman–Crippen LogP) is 1.70. The molecule has 0 spiro atoms. The van der Waals surface area contributed by atoms with Crippen molar-refractivity contribution >= 4 is 12.0 Å². The summed E-state index contributed by atoms with van der Waals surface area (Å²) in [5.74, 6) is -0.567. The molecular weight excluding hydrogens is 260 g/mol. The summed E-state index contributed by atoms with van der Waals surface area (Å²) < 4.78 is 5.53. The molecule has 2 N–H and O–H groups in total. The zero-order valence-electron chi connectivity index (χ0n) is 12.6. The number of likely N-dealkylation sites (tertiary alicyclic amines) is 1. The third-order valence-electron chi connectivity index (χ3n) is 3.57. The van der Waals surface area contributed by atoms with Gasteiger partial charge in [0.25, 0.3) is 0 Å². The summed E-state index contributed by atoms with van der Waals surface area (Å²) in [7, 11) is 0. The van der Waals surface area contributed by atoms with Gasteiger partial charge in [-0.15, -0.1) is 0 Å². The number of nitrogens with zero attached hydrogens (tertiary/aromatic N) is 1. The second kappa shape index (κ2) is 7.47. The van der Waals surface area contributed by atoms with Gasteiger partial charge in [0.05, 0.1) is 5.60 Å². The summed E-state index contributed by atoms with van der Waals surface area (Å²) in [5, 5.41) is 11.6. The monoisotopic (exact) mass is 286 g/mol. The summed E-state index contributed by atoms with van der Waals surface area (Å²) in [5.41, 5.74) is -0.369. The number of carboxylic acid groups (broad SMARTS) is 1. The zero-order chi connectivity index (χ0) is 15.2. The first-order chi connectivity index (χ1) is 9.34. The fourth-order valence-electron chi connectivity index (χ4n) is 2.43. The van der Waals surface area contributed by atoms with Gasteiger partial charge in [0, 0.05) is 32.7 Å². The second-order valence-electron chi connectivity index (χ2n) is 5.88. The molecule has 6 nitrogen and oxygen atoms in total. The molecule has 1 aliphatic heterocycles. The van der Waals surface area contributed by atoms with Crippen molar-refractivity contribution in [1.29, 1.82) is 0 Å². The molecule has 1 rings (SSSR count). The number of carboxylic acids is 1. The minimum atomic E-state index is -0.758. The molecule has 0 aromatic heterocycles.